The van der Waals surface area contributed by atoms with E-state index >= 15 is 0 Å². The second-order valence-corrected chi connectivity index (χ2v) is 7.81. The number of aliphatic hydroxyl groups is 1. The number of amides is 1. The van der Waals surface area contributed by atoms with E-state index in [1.165, 1.54) is 12.0 Å². The number of hydrogen-bond acceptors (Lipinski definition) is 5. The first-order valence-corrected chi connectivity index (χ1v) is 10.5. The summed E-state index contributed by atoms with van der Waals surface area (Å²) in [6.07, 6.45) is 5.10. The van der Waals surface area contributed by atoms with Crippen LogP contribution < -0.4 is 4.74 Å². The standard InChI is InChI=1S/C26H21N3O4/c1-33-18-8-4-7-17(12-18)24(30)22-23(20-14-28-21-10-3-2-9-19(20)21)29(26(32)25(22)31)15-16-6-5-11-27-13-16/h2-14,23,28,30H,15H2,1H3/b24-22+. The molecule has 164 valence electrons. The average Bonchev–Trinajstić information content (AvgIpc) is 3.38. The van der Waals surface area contributed by atoms with Crippen molar-refractivity contribution in [2.24, 2.45) is 0 Å². The molecule has 1 amide bonds. The number of para-hydroxylation sites is 1. The number of aromatic amines is 1. The Bertz CT molecular complexity index is 1390. The van der Waals surface area contributed by atoms with Gasteiger partial charge in [-0.1, -0.05) is 36.4 Å². The number of ketones is 1. The van der Waals surface area contributed by atoms with Crippen molar-refractivity contribution in [3.63, 3.8) is 0 Å². The lowest BCUT2D eigenvalue weighted by Crippen LogP contribution is -2.29. The third-order valence-corrected chi connectivity index (χ3v) is 5.87. The Kier molecular flexibility index (Phi) is 5.14. The van der Waals surface area contributed by atoms with Crippen molar-refractivity contribution in [2.75, 3.05) is 7.11 Å². The Morgan fingerprint density at radius 3 is 2.76 bits per heavy atom. The minimum Gasteiger partial charge on any atom is -0.507 e. The van der Waals surface area contributed by atoms with E-state index in [1.807, 2.05) is 30.3 Å². The topological polar surface area (TPSA) is 95.5 Å². The number of carbonyl (C=O) groups is 2. The molecule has 2 aromatic heterocycles. The fraction of sp³-hybridized carbons (Fsp3) is 0.115. The van der Waals surface area contributed by atoms with Crippen molar-refractivity contribution in [3.8, 4) is 5.75 Å². The Hall–Kier alpha value is -4.39. The molecule has 5 rings (SSSR count). The van der Waals surface area contributed by atoms with Gasteiger partial charge in [0, 0.05) is 47.2 Å². The molecule has 33 heavy (non-hydrogen) atoms. The fourth-order valence-electron chi connectivity index (χ4n) is 4.30. The number of ether oxygens (including phenoxy) is 1. The largest absolute Gasteiger partial charge is 0.507 e. The first-order chi connectivity index (χ1) is 16.1. The summed E-state index contributed by atoms with van der Waals surface area (Å²) in [7, 11) is 1.53. The van der Waals surface area contributed by atoms with Crippen molar-refractivity contribution >= 4 is 28.4 Å². The van der Waals surface area contributed by atoms with Crippen LogP contribution in [-0.4, -0.2) is 38.8 Å². The van der Waals surface area contributed by atoms with Crippen LogP contribution in [0.25, 0.3) is 16.7 Å². The van der Waals surface area contributed by atoms with E-state index in [1.54, 1.807) is 48.9 Å². The molecule has 1 unspecified atom stereocenters. The number of carbonyl (C=O) groups excluding carboxylic acids is 2. The highest BCUT2D eigenvalue weighted by atomic mass is 16.5. The highest BCUT2D eigenvalue weighted by Crippen LogP contribution is 2.42. The summed E-state index contributed by atoms with van der Waals surface area (Å²) in [4.78, 5) is 35.3. The van der Waals surface area contributed by atoms with Crippen molar-refractivity contribution in [2.45, 2.75) is 12.6 Å². The number of hydrogen-bond donors (Lipinski definition) is 2. The van der Waals surface area contributed by atoms with Gasteiger partial charge in [-0.25, -0.2) is 0 Å². The molecule has 4 aromatic rings. The van der Waals surface area contributed by atoms with Gasteiger partial charge >= 0.3 is 0 Å². The Balaban J connectivity index is 1.71. The molecule has 0 aliphatic carbocycles. The van der Waals surface area contributed by atoms with Crippen molar-refractivity contribution in [1.82, 2.24) is 14.9 Å². The number of fused-ring (bicyclic) bond motifs is 1. The number of pyridine rings is 1. The molecular weight excluding hydrogens is 418 g/mol. The van der Waals surface area contributed by atoms with E-state index in [0.717, 1.165) is 22.0 Å². The van der Waals surface area contributed by atoms with Crippen LogP contribution in [0.1, 0.15) is 22.7 Å². The number of aromatic nitrogens is 2. The normalized spacial score (nSPS) is 17.6. The second kappa shape index (κ2) is 8.27. The summed E-state index contributed by atoms with van der Waals surface area (Å²) in [6, 6.07) is 17.3. The predicted octanol–water partition coefficient (Wildman–Crippen LogP) is 4.19. The van der Waals surface area contributed by atoms with Crippen LogP contribution in [0.2, 0.25) is 0 Å². The molecule has 1 fully saturated rings. The smallest absolute Gasteiger partial charge is 0.295 e. The number of aliphatic hydroxyl groups excluding tert-OH is 1. The number of methoxy groups -OCH3 is 1. The summed E-state index contributed by atoms with van der Waals surface area (Å²) in [5, 5.41) is 12.1. The zero-order valence-corrected chi connectivity index (χ0v) is 17.9. The maximum atomic E-state index is 13.3. The molecule has 1 aliphatic heterocycles. The maximum absolute atomic E-state index is 13.3. The lowest BCUT2D eigenvalue weighted by atomic mass is 9.94. The monoisotopic (exact) mass is 439 g/mol. The molecule has 7 heteroatoms. The van der Waals surface area contributed by atoms with Gasteiger partial charge in [0.2, 0.25) is 0 Å². The highest BCUT2D eigenvalue weighted by molar-refractivity contribution is 6.46. The summed E-state index contributed by atoms with van der Waals surface area (Å²) in [5.41, 5.74) is 2.84. The molecule has 0 spiro atoms. The van der Waals surface area contributed by atoms with Gasteiger partial charge in [0.05, 0.1) is 18.7 Å². The van der Waals surface area contributed by atoms with Crippen LogP contribution in [-0.2, 0) is 16.1 Å². The first kappa shape index (κ1) is 20.5. The average molecular weight is 439 g/mol. The SMILES string of the molecule is COc1cccc(/C(O)=C2\C(=O)C(=O)N(Cc3cccnc3)C2c2c[nH]c3ccccc23)c1. The number of likely N-dealkylation sites (tertiary alicyclic amines) is 1. The Labute approximate surface area is 190 Å². The maximum Gasteiger partial charge on any atom is 0.295 e. The minimum absolute atomic E-state index is 0.0434. The van der Waals surface area contributed by atoms with Crippen molar-refractivity contribution < 1.29 is 19.4 Å². The number of Topliss-reactive ketones (excluding diaryl/α,β-unsaturated/α-hetero) is 1. The van der Waals surface area contributed by atoms with Gasteiger partial charge in [-0.05, 0) is 29.8 Å². The van der Waals surface area contributed by atoms with E-state index in [2.05, 4.69) is 9.97 Å². The lowest BCUT2D eigenvalue weighted by molar-refractivity contribution is -0.140. The third kappa shape index (κ3) is 3.53. The second-order valence-electron chi connectivity index (χ2n) is 7.81. The van der Waals surface area contributed by atoms with Crippen LogP contribution in [0.5, 0.6) is 5.75 Å². The number of nitrogens with one attached hydrogen (secondary N) is 1. The Morgan fingerprint density at radius 2 is 1.97 bits per heavy atom. The van der Waals surface area contributed by atoms with Gasteiger partial charge in [-0.2, -0.15) is 0 Å². The number of H-pyrrole nitrogens is 1. The van der Waals surface area contributed by atoms with Crippen LogP contribution in [0, 0.1) is 0 Å². The van der Waals surface area contributed by atoms with Gasteiger partial charge in [0.25, 0.3) is 11.7 Å². The van der Waals surface area contributed by atoms with E-state index in [9.17, 15) is 14.7 Å². The van der Waals surface area contributed by atoms with Crippen molar-refractivity contribution in [3.05, 3.63) is 102 Å². The van der Waals surface area contributed by atoms with Crippen LogP contribution in [0.3, 0.4) is 0 Å². The summed E-state index contributed by atoms with van der Waals surface area (Å²) < 4.78 is 5.26. The number of nitrogens with zero attached hydrogens (tertiary/aromatic N) is 2. The number of rotatable bonds is 5. The summed E-state index contributed by atoms with van der Waals surface area (Å²) in [6.45, 7) is 0.178. The van der Waals surface area contributed by atoms with Gasteiger partial charge in [-0.3, -0.25) is 14.6 Å². The third-order valence-electron chi connectivity index (χ3n) is 5.87. The molecule has 7 nitrogen and oxygen atoms in total. The van der Waals surface area contributed by atoms with Gasteiger partial charge in [0.1, 0.15) is 11.5 Å². The van der Waals surface area contributed by atoms with Crippen LogP contribution in [0.4, 0.5) is 0 Å². The quantitative estimate of drug-likeness (QED) is 0.276. The zero-order chi connectivity index (χ0) is 22.9. The van der Waals surface area contributed by atoms with Crippen LogP contribution in [0.15, 0.2) is 84.8 Å². The Morgan fingerprint density at radius 1 is 1.12 bits per heavy atom. The van der Waals surface area contributed by atoms with E-state index in [0.29, 0.717) is 11.3 Å². The minimum atomic E-state index is -0.771. The molecule has 3 heterocycles. The summed E-state index contributed by atoms with van der Waals surface area (Å²) >= 11 is 0. The molecule has 0 radical (unpaired) electrons. The molecule has 1 atom stereocenters. The van der Waals surface area contributed by atoms with Gasteiger partial charge < -0.3 is 19.7 Å². The first-order valence-electron chi connectivity index (χ1n) is 10.5. The van der Waals surface area contributed by atoms with Crippen molar-refractivity contribution in [1.29, 1.82) is 0 Å². The molecule has 2 N–H and O–H groups in total. The van der Waals surface area contributed by atoms with Crippen LogP contribution >= 0.6 is 0 Å². The van der Waals surface area contributed by atoms with E-state index in [-0.39, 0.29) is 17.9 Å². The van der Waals surface area contributed by atoms with Gasteiger partial charge in [-0.15, -0.1) is 0 Å². The highest BCUT2D eigenvalue weighted by Gasteiger charge is 2.46. The predicted molar refractivity (Wildman–Crippen MR) is 123 cm³/mol. The fourth-order valence-corrected chi connectivity index (χ4v) is 4.30. The van der Waals surface area contributed by atoms with Gasteiger partial charge in [0.15, 0.2) is 0 Å². The summed E-state index contributed by atoms with van der Waals surface area (Å²) in [5.74, 6) is -1.10. The molecule has 0 bridgehead atoms. The lowest BCUT2D eigenvalue weighted by Gasteiger charge is -2.25. The van der Waals surface area contributed by atoms with E-state index in [4.69, 9.17) is 4.74 Å². The molecular formula is C26H21N3O4. The molecule has 2 aromatic carbocycles. The molecule has 1 aliphatic rings. The molecule has 0 saturated carbocycles. The zero-order valence-electron chi connectivity index (χ0n) is 17.9. The van der Waals surface area contributed by atoms with E-state index < -0.39 is 17.7 Å². The molecule has 1 saturated heterocycles. The number of benzene rings is 2.